The molecule has 1 fully saturated rings. The molecule has 10 heteroatoms. The first-order valence-corrected chi connectivity index (χ1v) is 9.99. The van der Waals surface area contributed by atoms with E-state index in [4.69, 9.17) is 28.8 Å². The van der Waals surface area contributed by atoms with Gasteiger partial charge < -0.3 is 22.5 Å². The van der Waals surface area contributed by atoms with Crippen molar-refractivity contribution in [2.24, 2.45) is 28.1 Å². The fraction of sp³-hybridized carbons (Fsp3) is 0.263. The topological polar surface area (TPSA) is 115 Å². The highest BCUT2D eigenvalue weighted by molar-refractivity contribution is 8.14. The monoisotopic (exact) mass is 438 g/mol. The molecule has 2 heterocycles. The fourth-order valence-electron chi connectivity index (χ4n) is 3.25. The summed E-state index contributed by atoms with van der Waals surface area (Å²) < 4.78 is 24.0. The second-order valence-corrected chi connectivity index (χ2v) is 8.20. The molecule has 7 N–H and O–H groups in total. The third kappa shape index (κ3) is 4.56. The number of aromatic nitrogens is 1. The largest absolute Gasteiger partial charge is 0.404 e. The number of pyridine rings is 1. The summed E-state index contributed by atoms with van der Waals surface area (Å²) in [7, 11) is 0.500. The molecule has 3 atom stereocenters. The number of fused-ring (bicyclic) bond motifs is 1. The van der Waals surface area contributed by atoms with Crippen LogP contribution in [-0.4, -0.2) is 22.6 Å². The Hall–Kier alpha value is -2.52. The summed E-state index contributed by atoms with van der Waals surface area (Å²) in [6, 6.07) is 6.14. The number of rotatable bonds is 3. The predicted molar refractivity (Wildman–Crippen MR) is 116 cm³/mol. The molecule has 1 aliphatic carbocycles. The van der Waals surface area contributed by atoms with Crippen molar-refractivity contribution in [2.75, 3.05) is 12.5 Å². The van der Waals surface area contributed by atoms with Crippen LogP contribution in [0, 0.1) is 11.7 Å². The van der Waals surface area contributed by atoms with E-state index in [0.717, 1.165) is 6.42 Å². The first-order chi connectivity index (χ1) is 14.0. The van der Waals surface area contributed by atoms with E-state index < -0.39 is 0 Å². The lowest BCUT2D eigenvalue weighted by molar-refractivity contribution is 0.555. The number of nitrogens with two attached hydrogens (primary N) is 3. The molecule has 0 radical (unpaired) electrons. The van der Waals surface area contributed by atoms with Gasteiger partial charge in [0.2, 0.25) is 0 Å². The van der Waals surface area contributed by atoms with E-state index in [9.17, 15) is 8.78 Å². The van der Waals surface area contributed by atoms with Crippen molar-refractivity contribution in [3.05, 3.63) is 57.4 Å². The molecule has 0 saturated heterocycles. The van der Waals surface area contributed by atoms with Gasteiger partial charge in [0.25, 0.3) is 0 Å². The van der Waals surface area contributed by atoms with E-state index >= 15 is 0 Å². The van der Waals surface area contributed by atoms with Gasteiger partial charge in [0.1, 0.15) is 17.0 Å². The van der Waals surface area contributed by atoms with Gasteiger partial charge in [-0.1, -0.05) is 23.4 Å². The molecule has 1 saturated carbocycles. The first-order valence-electron chi connectivity index (χ1n) is 8.73. The molecule has 0 amide bonds. The Balaban J connectivity index is 0.00000117. The van der Waals surface area contributed by atoms with Gasteiger partial charge in [-0.05, 0) is 36.6 Å². The van der Waals surface area contributed by atoms with Gasteiger partial charge in [-0.3, -0.25) is 14.4 Å². The molecule has 0 spiro atoms. The molecular formula is C19H21ClF2N6S. The van der Waals surface area contributed by atoms with Gasteiger partial charge in [-0.15, -0.1) is 0 Å². The van der Waals surface area contributed by atoms with E-state index in [2.05, 4.69) is 15.3 Å². The van der Waals surface area contributed by atoms with Crippen molar-refractivity contribution in [3.63, 3.8) is 0 Å². The molecule has 2 aliphatic rings. The second kappa shape index (κ2) is 8.87. The molecule has 154 valence electrons. The maximum Gasteiger partial charge on any atom is 0.154 e. The average molecular weight is 439 g/mol. The molecule has 6 nitrogen and oxygen atoms in total. The lowest BCUT2D eigenvalue weighted by atomic mass is 10.0. The number of anilines is 1. The summed E-state index contributed by atoms with van der Waals surface area (Å²) in [5, 5.41) is 5.52. The van der Waals surface area contributed by atoms with Crippen molar-refractivity contribution in [2.45, 2.75) is 17.7 Å². The number of hydrogen-bond acceptors (Lipinski definition) is 7. The normalized spacial score (nSPS) is 23.9. The molecule has 3 unspecified atom stereocenters. The summed E-state index contributed by atoms with van der Waals surface area (Å²) >= 11 is 7.51. The number of aliphatic imine (C=N–C) groups is 1. The van der Waals surface area contributed by atoms with Gasteiger partial charge >= 0.3 is 0 Å². The number of amidine groups is 1. The average Bonchev–Trinajstić information content (AvgIpc) is 3.49. The summed E-state index contributed by atoms with van der Waals surface area (Å²) in [6.45, 7) is 0. The molecular weight excluding hydrogens is 418 g/mol. The Morgan fingerprint density at radius 1 is 1.34 bits per heavy atom. The van der Waals surface area contributed by atoms with Crippen molar-refractivity contribution >= 4 is 46.2 Å². The highest BCUT2D eigenvalue weighted by Crippen LogP contribution is 2.54. The van der Waals surface area contributed by atoms with Crippen LogP contribution in [0.4, 0.5) is 14.5 Å². The Labute approximate surface area is 175 Å². The lowest BCUT2D eigenvalue weighted by Gasteiger charge is -2.19. The molecule has 4 rings (SSSR count). The van der Waals surface area contributed by atoms with E-state index in [0.29, 0.717) is 50.4 Å². The van der Waals surface area contributed by atoms with Crippen LogP contribution in [-0.2, 0) is 0 Å². The van der Waals surface area contributed by atoms with Gasteiger partial charge in [-0.2, -0.15) is 0 Å². The highest BCUT2D eigenvalue weighted by Gasteiger charge is 2.48. The van der Waals surface area contributed by atoms with Crippen LogP contribution in [0.2, 0.25) is 5.02 Å². The summed E-state index contributed by atoms with van der Waals surface area (Å²) in [5.41, 5.74) is 18.8. The Bertz CT molecular complexity index is 1060. The van der Waals surface area contributed by atoms with Crippen LogP contribution in [0.1, 0.15) is 18.0 Å². The van der Waals surface area contributed by atoms with Crippen LogP contribution in [0.15, 0.2) is 35.5 Å². The maximum atomic E-state index is 14.5. The van der Waals surface area contributed by atoms with E-state index in [1.54, 1.807) is 30.0 Å². The van der Waals surface area contributed by atoms with Crippen molar-refractivity contribution in [1.82, 2.24) is 4.98 Å². The minimum absolute atomic E-state index is 0.263. The predicted octanol–water partition coefficient (Wildman–Crippen LogP) is 1.78. The highest BCUT2D eigenvalue weighted by atomic mass is 35.5. The quantitative estimate of drug-likeness (QED) is 0.580. The summed E-state index contributed by atoms with van der Waals surface area (Å²) in [5.74, 6) is 0.302. The number of nitrogens with zero attached hydrogens (tertiary/aromatic N) is 2. The molecule has 0 bridgehead atoms. The summed E-state index contributed by atoms with van der Waals surface area (Å²) in [4.78, 5) is 8.68. The Morgan fingerprint density at radius 2 is 2.10 bits per heavy atom. The zero-order valence-corrected chi connectivity index (χ0v) is 17.1. The Kier molecular flexibility index (Phi) is 6.49. The van der Waals surface area contributed by atoms with E-state index in [1.165, 1.54) is 18.5 Å². The van der Waals surface area contributed by atoms with Gasteiger partial charge in [0, 0.05) is 34.1 Å². The van der Waals surface area contributed by atoms with Gasteiger partial charge in [0.15, 0.2) is 5.17 Å². The molecule has 1 aliphatic heterocycles. The lowest BCUT2D eigenvalue weighted by Crippen LogP contribution is -2.36. The van der Waals surface area contributed by atoms with E-state index in [1.807, 2.05) is 0 Å². The third-order valence-corrected chi connectivity index (χ3v) is 6.03. The van der Waals surface area contributed by atoms with Gasteiger partial charge in [-0.25, -0.2) is 4.39 Å². The molecule has 1 aromatic carbocycles. The fourth-order valence-corrected chi connectivity index (χ4v) is 4.54. The van der Waals surface area contributed by atoms with Crippen LogP contribution in [0.3, 0.4) is 0 Å². The Morgan fingerprint density at radius 3 is 2.83 bits per heavy atom. The molecule has 29 heavy (non-hydrogen) atoms. The smallest absolute Gasteiger partial charge is 0.154 e. The van der Waals surface area contributed by atoms with Crippen LogP contribution < -0.4 is 33.1 Å². The van der Waals surface area contributed by atoms with Gasteiger partial charge in [0.05, 0.1) is 18.2 Å². The zero-order chi connectivity index (χ0) is 21.1. The third-order valence-electron chi connectivity index (χ3n) is 4.64. The number of hydrogen-bond donors (Lipinski definition) is 4. The first kappa shape index (κ1) is 21.2. The maximum absolute atomic E-state index is 14.5. The molecule has 2 aromatic rings. The minimum Gasteiger partial charge on any atom is -0.404 e. The number of benzene rings is 1. The number of nitrogens with one attached hydrogen (secondary N) is 1. The number of thioether (sulfide) groups is 1. The van der Waals surface area contributed by atoms with Crippen molar-refractivity contribution < 1.29 is 8.78 Å². The summed E-state index contributed by atoms with van der Waals surface area (Å²) in [6.07, 6.45) is 3.86. The van der Waals surface area contributed by atoms with Crippen LogP contribution in [0.25, 0.3) is 12.0 Å². The van der Waals surface area contributed by atoms with Crippen molar-refractivity contribution in [3.8, 4) is 0 Å². The van der Waals surface area contributed by atoms with Crippen molar-refractivity contribution in [1.29, 1.82) is 0 Å². The molecule has 1 aromatic heterocycles. The van der Waals surface area contributed by atoms with Crippen LogP contribution >= 0.6 is 23.4 Å². The zero-order valence-electron chi connectivity index (χ0n) is 15.6. The number of alkyl halides is 1. The SMILES string of the molecule is CF.N/C=c1/cc(Cl)cn/c1=C(/N)Nc1ccc(F)c(C2N=C(N)SC3CC32)c1. The van der Waals surface area contributed by atoms with E-state index in [-0.39, 0.29) is 17.7 Å². The standard InChI is InChI=1S/C18H18ClFN6S.CH3F/c19-9-3-8(6-21)15(24-7-9)17(22)25-10-1-2-13(20)11(4-10)16-12-5-14(12)27-18(23)26-16;1-2/h1-4,6-7,12,14,16,25H,5,21-22H2,(H2,23,26);1H3/b8-6-,17-15-;. The second-order valence-electron chi connectivity index (χ2n) is 6.50. The van der Waals surface area contributed by atoms with Crippen LogP contribution in [0.5, 0.6) is 0 Å². The number of halogens is 3. The minimum atomic E-state index is -0.307.